The van der Waals surface area contributed by atoms with Crippen LogP contribution in [0.15, 0.2) is 0 Å². The molecule has 0 aliphatic rings. The Morgan fingerprint density at radius 3 is 2.19 bits per heavy atom. The largest absolute Gasteiger partial charge is 0.393 e. The summed E-state index contributed by atoms with van der Waals surface area (Å²) in [6.07, 6.45) is 2.11. The van der Waals surface area contributed by atoms with E-state index in [0.717, 1.165) is 45.4 Å². The molecule has 0 bridgehead atoms. The molecular formula is C12H22F3O. The molecule has 0 aromatic rings. The fourth-order valence-electron chi connectivity index (χ4n) is 1.27. The van der Waals surface area contributed by atoms with Crippen molar-refractivity contribution in [2.45, 2.75) is 51.6 Å². The van der Waals surface area contributed by atoms with Crippen LogP contribution in [0.3, 0.4) is 0 Å². The summed E-state index contributed by atoms with van der Waals surface area (Å²) in [7, 11) is 0. The second-order valence-electron chi connectivity index (χ2n) is 4.14. The molecule has 16 heavy (non-hydrogen) atoms. The van der Waals surface area contributed by atoms with Crippen molar-refractivity contribution in [1.29, 1.82) is 0 Å². The summed E-state index contributed by atoms with van der Waals surface area (Å²) >= 11 is 0. The fourth-order valence-corrected chi connectivity index (χ4v) is 1.27. The Kier molecular flexibility index (Phi) is 8.71. The first-order valence-electron chi connectivity index (χ1n) is 5.92. The molecule has 1 atom stereocenters. The third-order valence-corrected chi connectivity index (χ3v) is 2.47. The van der Waals surface area contributed by atoms with E-state index in [2.05, 4.69) is 6.92 Å². The Hall–Kier alpha value is -0.250. The van der Waals surface area contributed by atoms with Gasteiger partial charge in [-0.25, -0.2) is 0 Å². The summed E-state index contributed by atoms with van der Waals surface area (Å²) in [6.45, 7) is 5.11. The Balaban J connectivity index is 3.21. The van der Waals surface area contributed by atoms with E-state index in [4.69, 9.17) is 4.74 Å². The molecule has 1 radical (unpaired) electrons. The lowest BCUT2D eigenvalue weighted by molar-refractivity contribution is -0.182. The van der Waals surface area contributed by atoms with E-state index < -0.39 is 12.1 Å². The molecule has 0 N–H and O–H groups in total. The smallest absolute Gasteiger partial charge is 0.381 e. The topological polar surface area (TPSA) is 9.23 Å². The first kappa shape index (κ1) is 15.8. The van der Waals surface area contributed by atoms with Gasteiger partial charge in [-0.15, -0.1) is 0 Å². The SMILES string of the molecule is [CH2]CCCCCCCOCC(C)C(F)(F)F. The Morgan fingerprint density at radius 1 is 1.06 bits per heavy atom. The molecule has 1 unspecified atom stereocenters. The monoisotopic (exact) mass is 239 g/mol. The van der Waals surface area contributed by atoms with Gasteiger partial charge in [0.25, 0.3) is 0 Å². The van der Waals surface area contributed by atoms with Crippen LogP contribution < -0.4 is 0 Å². The van der Waals surface area contributed by atoms with E-state index in [1.807, 2.05) is 0 Å². The highest BCUT2D eigenvalue weighted by Gasteiger charge is 2.35. The van der Waals surface area contributed by atoms with Crippen LogP contribution in [0.25, 0.3) is 0 Å². The first-order valence-corrected chi connectivity index (χ1v) is 5.92. The molecule has 0 fully saturated rings. The molecule has 0 aromatic carbocycles. The lowest BCUT2D eigenvalue weighted by Gasteiger charge is -2.15. The van der Waals surface area contributed by atoms with Gasteiger partial charge in [0.15, 0.2) is 0 Å². The Morgan fingerprint density at radius 2 is 1.62 bits per heavy atom. The highest BCUT2D eigenvalue weighted by Crippen LogP contribution is 2.25. The van der Waals surface area contributed by atoms with Crippen LogP contribution in [-0.2, 0) is 4.74 Å². The summed E-state index contributed by atoms with van der Waals surface area (Å²) in [4.78, 5) is 0. The summed E-state index contributed by atoms with van der Waals surface area (Å²) in [5.74, 6) is -1.36. The maximum Gasteiger partial charge on any atom is 0.393 e. The normalized spacial score (nSPS) is 14.1. The highest BCUT2D eigenvalue weighted by atomic mass is 19.4. The number of halogens is 3. The van der Waals surface area contributed by atoms with Crippen LogP contribution in [0.4, 0.5) is 13.2 Å². The van der Waals surface area contributed by atoms with E-state index in [1.165, 1.54) is 0 Å². The molecule has 4 heteroatoms. The van der Waals surface area contributed by atoms with Crippen LogP contribution >= 0.6 is 0 Å². The van der Waals surface area contributed by atoms with Crippen molar-refractivity contribution in [2.75, 3.05) is 13.2 Å². The van der Waals surface area contributed by atoms with Crippen molar-refractivity contribution in [3.63, 3.8) is 0 Å². The molecule has 0 amide bonds. The molecule has 0 aliphatic heterocycles. The third kappa shape index (κ3) is 9.01. The zero-order valence-corrected chi connectivity index (χ0v) is 9.98. The van der Waals surface area contributed by atoms with Gasteiger partial charge in [-0.3, -0.25) is 0 Å². The predicted octanol–water partition coefficient (Wildman–Crippen LogP) is 4.38. The molecule has 0 rings (SSSR count). The number of rotatable bonds is 9. The fraction of sp³-hybridized carbons (Fsp3) is 0.917. The van der Waals surface area contributed by atoms with Gasteiger partial charge in [-0.05, 0) is 6.42 Å². The van der Waals surface area contributed by atoms with Crippen molar-refractivity contribution in [3.8, 4) is 0 Å². The minimum Gasteiger partial charge on any atom is -0.381 e. The van der Waals surface area contributed by atoms with Gasteiger partial charge in [0, 0.05) is 6.61 Å². The maximum absolute atomic E-state index is 12.1. The Bertz CT molecular complexity index is 157. The summed E-state index contributed by atoms with van der Waals surface area (Å²) in [5, 5.41) is 0. The van der Waals surface area contributed by atoms with Crippen LogP contribution in [0.1, 0.15) is 45.4 Å². The zero-order chi connectivity index (χ0) is 12.4. The highest BCUT2D eigenvalue weighted by molar-refractivity contribution is 4.60. The van der Waals surface area contributed by atoms with E-state index in [0.29, 0.717) is 6.61 Å². The summed E-state index contributed by atoms with van der Waals surface area (Å²) < 4.78 is 41.2. The van der Waals surface area contributed by atoms with Crippen molar-refractivity contribution >= 4 is 0 Å². The van der Waals surface area contributed by atoms with Crippen LogP contribution in [0, 0.1) is 12.8 Å². The molecule has 0 aromatic heterocycles. The molecule has 0 spiro atoms. The van der Waals surface area contributed by atoms with Crippen molar-refractivity contribution < 1.29 is 17.9 Å². The predicted molar refractivity (Wildman–Crippen MR) is 59.1 cm³/mol. The molecule has 0 saturated heterocycles. The number of alkyl halides is 3. The second kappa shape index (κ2) is 8.85. The first-order chi connectivity index (χ1) is 7.48. The van der Waals surface area contributed by atoms with E-state index in [1.54, 1.807) is 0 Å². The number of unbranched alkanes of at least 4 members (excludes halogenated alkanes) is 5. The third-order valence-electron chi connectivity index (χ3n) is 2.47. The number of ether oxygens (including phenoxy) is 1. The van der Waals surface area contributed by atoms with Gasteiger partial charge in [-0.2, -0.15) is 13.2 Å². The van der Waals surface area contributed by atoms with Gasteiger partial charge >= 0.3 is 6.18 Å². The number of hydrogen-bond donors (Lipinski definition) is 0. The molecular weight excluding hydrogens is 217 g/mol. The van der Waals surface area contributed by atoms with Gasteiger partial charge in [0.1, 0.15) is 0 Å². The van der Waals surface area contributed by atoms with E-state index >= 15 is 0 Å². The van der Waals surface area contributed by atoms with Crippen molar-refractivity contribution in [3.05, 3.63) is 6.92 Å². The average molecular weight is 239 g/mol. The van der Waals surface area contributed by atoms with Gasteiger partial charge in [-0.1, -0.05) is 46.0 Å². The van der Waals surface area contributed by atoms with Gasteiger partial charge in [0.05, 0.1) is 12.5 Å². The van der Waals surface area contributed by atoms with Gasteiger partial charge < -0.3 is 4.74 Å². The molecule has 1 nitrogen and oxygen atoms in total. The van der Waals surface area contributed by atoms with Crippen LogP contribution in [0.2, 0.25) is 0 Å². The average Bonchev–Trinajstić information content (AvgIpc) is 2.20. The molecule has 0 heterocycles. The van der Waals surface area contributed by atoms with Crippen LogP contribution in [0.5, 0.6) is 0 Å². The molecule has 97 valence electrons. The number of hydrogen-bond acceptors (Lipinski definition) is 1. The zero-order valence-electron chi connectivity index (χ0n) is 9.98. The lowest BCUT2D eigenvalue weighted by atomic mass is 10.1. The van der Waals surface area contributed by atoms with Crippen LogP contribution in [-0.4, -0.2) is 19.4 Å². The molecule has 0 saturated carbocycles. The summed E-state index contributed by atoms with van der Waals surface area (Å²) in [5.41, 5.74) is 0. The Labute approximate surface area is 96.4 Å². The minimum atomic E-state index is -4.13. The quantitative estimate of drug-likeness (QED) is 0.543. The van der Waals surface area contributed by atoms with Gasteiger partial charge in [0.2, 0.25) is 0 Å². The van der Waals surface area contributed by atoms with Crippen molar-refractivity contribution in [2.24, 2.45) is 5.92 Å². The standard InChI is InChI=1S/C12H22F3O/c1-3-4-5-6-7-8-9-16-10-11(2)12(13,14)15/h11H,1,3-10H2,2H3. The second-order valence-corrected chi connectivity index (χ2v) is 4.14. The maximum atomic E-state index is 12.1. The minimum absolute atomic E-state index is 0.220. The van der Waals surface area contributed by atoms with E-state index in [-0.39, 0.29) is 6.61 Å². The summed E-state index contributed by atoms with van der Waals surface area (Å²) in [6, 6.07) is 0. The van der Waals surface area contributed by atoms with E-state index in [9.17, 15) is 13.2 Å². The molecule has 0 aliphatic carbocycles. The lowest BCUT2D eigenvalue weighted by Crippen LogP contribution is -2.24. The van der Waals surface area contributed by atoms with Crippen molar-refractivity contribution in [1.82, 2.24) is 0 Å².